The van der Waals surface area contributed by atoms with E-state index in [9.17, 15) is 15.2 Å². The van der Waals surface area contributed by atoms with Crippen molar-refractivity contribution in [2.75, 3.05) is 19.7 Å². The minimum Gasteiger partial charge on any atom is -0.479 e. The van der Waals surface area contributed by atoms with Crippen LogP contribution in [0.5, 0.6) is 5.75 Å². The molecule has 1 amide bonds. The van der Waals surface area contributed by atoms with Gasteiger partial charge in [-0.3, -0.25) is 4.79 Å². The fourth-order valence-corrected chi connectivity index (χ4v) is 3.28. The van der Waals surface area contributed by atoms with Gasteiger partial charge in [-0.25, -0.2) is 0 Å². The van der Waals surface area contributed by atoms with Crippen molar-refractivity contribution in [3.63, 3.8) is 0 Å². The van der Waals surface area contributed by atoms with Crippen molar-refractivity contribution in [1.82, 2.24) is 4.90 Å². The second-order valence-corrected chi connectivity index (χ2v) is 7.23. The first kappa shape index (κ1) is 19.3. The molecule has 0 aromatic heterocycles. The number of benzene rings is 1. The van der Waals surface area contributed by atoms with Crippen LogP contribution in [0.4, 0.5) is 0 Å². The number of aliphatic hydroxyl groups is 1. The van der Waals surface area contributed by atoms with Crippen LogP contribution in [-0.4, -0.2) is 41.7 Å². The van der Waals surface area contributed by atoms with Gasteiger partial charge in [0.1, 0.15) is 11.8 Å². The van der Waals surface area contributed by atoms with Gasteiger partial charge in [-0.1, -0.05) is 32.9 Å². The van der Waals surface area contributed by atoms with Crippen molar-refractivity contribution in [1.29, 1.82) is 5.26 Å². The molecule has 1 aliphatic rings. The topological polar surface area (TPSA) is 73.6 Å². The highest BCUT2D eigenvalue weighted by molar-refractivity contribution is 5.81. The first-order valence-corrected chi connectivity index (χ1v) is 9.02. The van der Waals surface area contributed by atoms with Crippen molar-refractivity contribution < 1.29 is 14.6 Å². The van der Waals surface area contributed by atoms with Gasteiger partial charge in [-0.05, 0) is 42.7 Å². The van der Waals surface area contributed by atoms with Crippen LogP contribution in [0.15, 0.2) is 24.3 Å². The Bertz CT molecular complexity index is 622. The molecular weight excluding hydrogens is 316 g/mol. The van der Waals surface area contributed by atoms with Crippen LogP contribution in [0.3, 0.4) is 0 Å². The summed E-state index contributed by atoms with van der Waals surface area (Å²) < 4.78 is 5.95. The third-order valence-corrected chi connectivity index (χ3v) is 5.33. The highest BCUT2D eigenvalue weighted by atomic mass is 16.5. The number of hydrogen-bond acceptors (Lipinski definition) is 4. The molecule has 1 aromatic rings. The molecule has 5 heteroatoms. The predicted octanol–water partition coefficient (Wildman–Crippen LogP) is 2.97. The normalized spacial score (nSPS) is 17.8. The minimum absolute atomic E-state index is 0.00468. The molecule has 25 heavy (non-hydrogen) atoms. The van der Waals surface area contributed by atoms with Crippen LogP contribution in [0.2, 0.25) is 0 Å². The molecule has 5 nitrogen and oxygen atoms in total. The molecule has 1 aromatic carbocycles. The SMILES string of the molecule is CCC1(CO)CCN(C(=O)C(Oc2ccccc2C#N)C(C)C)CC1. The van der Waals surface area contributed by atoms with Crippen molar-refractivity contribution in [2.45, 2.75) is 46.1 Å². The Kier molecular flexibility index (Phi) is 6.44. The second-order valence-electron chi connectivity index (χ2n) is 7.23. The number of nitriles is 1. The summed E-state index contributed by atoms with van der Waals surface area (Å²) in [5, 5.41) is 18.9. The lowest BCUT2D eigenvalue weighted by molar-refractivity contribution is -0.143. The van der Waals surface area contributed by atoms with Crippen molar-refractivity contribution in [3.8, 4) is 11.8 Å². The lowest BCUT2D eigenvalue weighted by Gasteiger charge is -2.41. The zero-order valence-corrected chi connectivity index (χ0v) is 15.4. The van der Waals surface area contributed by atoms with Crippen LogP contribution in [0.1, 0.15) is 45.6 Å². The van der Waals surface area contributed by atoms with Crippen LogP contribution in [-0.2, 0) is 4.79 Å². The number of rotatable bonds is 6. The molecule has 1 N–H and O–H groups in total. The van der Waals surface area contributed by atoms with E-state index in [-0.39, 0.29) is 23.8 Å². The smallest absolute Gasteiger partial charge is 0.263 e. The summed E-state index contributed by atoms with van der Waals surface area (Å²) in [7, 11) is 0. The lowest BCUT2D eigenvalue weighted by Crippen LogP contribution is -2.50. The molecule has 1 fully saturated rings. The summed E-state index contributed by atoms with van der Waals surface area (Å²) in [5.41, 5.74) is 0.378. The number of hydrogen-bond donors (Lipinski definition) is 1. The number of carbonyl (C=O) groups is 1. The first-order chi connectivity index (χ1) is 12.0. The van der Waals surface area contributed by atoms with Gasteiger partial charge in [0, 0.05) is 19.7 Å². The molecule has 0 spiro atoms. The van der Waals surface area contributed by atoms with E-state index in [1.807, 2.05) is 18.7 Å². The van der Waals surface area contributed by atoms with Crippen molar-refractivity contribution >= 4 is 5.91 Å². The van der Waals surface area contributed by atoms with Gasteiger partial charge in [-0.15, -0.1) is 0 Å². The molecule has 2 rings (SSSR count). The Labute approximate surface area is 150 Å². The van der Waals surface area contributed by atoms with Gasteiger partial charge >= 0.3 is 0 Å². The summed E-state index contributed by atoms with van der Waals surface area (Å²) in [4.78, 5) is 14.8. The Morgan fingerprint density at radius 2 is 2.00 bits per heavy atom. The molecule has 1 saturated heterocycles. The molecule has 1 aliphatic heterocycles. The number of aliphatic hydroxyl groups excluding tert-OH is 1. The van der Waals surface area contributed by atoms with Gasteiger partial charge in [-0.2, -0.15) is 5.26 Å². The molecule has 136 valence electrons. The second kappa shape index (κ2) is 8.35. The summed E-state index contributed by atoms with van der Waals surface area (Å²) >= 11 is 0. The van der Waals surface area contributed by atoms with E-state index in [1.165, 1.54) is 0 Å². The van der Waals surface area contributed by atoms with Gasteiger partial charge in [0.05, 0.1) is 5.56 Å². The number of piperidine rings is 1. The summed E-state index contributed by atoms with van der Waals surface area (Å²) in [6, 6.07) is 9.10. The quantitative estimate of drug-likeness (QED) is 0.861. The molecule has 1 atom stereocenters. The van der Waals surface area contributed by atoms with E-state index in [0.717, 1.165) is 19.3 Å². The summed E-state index contributed by atoms with van der Waals surface area (Å²) in [6.07, 6.45) is 1.93. The zero-order chi connectivity index (χ0) is 18.4. The standard InChI is InChI=1S/C20H28N2O3/c1-4-20(14-23)9-11-22(12-10-20)19(24)18(15(2)3)25-17-8-6-5-7-16(17)13-21/h5-8,15,18,23H,4,9-12,14H2,1-3H3. The number of carbonyl (C=O) groups excluding carboxylic acids is 1. The van der Waals surface area contributed by atoms with E-state index < -0.39 is 6.10 Å². The lowest BCUT2D eigenvalue weighted by atomic mass is 9.77. The molecule has 0 saturated carbocycles. The molecule has 0 bridgehead atoms. The number of nitrogens with zero attached hydrogens (tertiary/aromatic N) is 2. The van der Waals surface area contributed by atoms with Crippen LogP contribution in [0, 0.1) is 22.7 Å². The molecule has 0 aliphatic carbocycles. The molecule has 0 radical (unpaired) electrons. The number of para-hydroxylation sites is 1. The van der Waals surface area contributed by atoms with E-state index in [2.05, 4.69) is 13.0 Å². The zero-order valence-electron chi connectivity index (χ0n) is 15.4. The van der Waals surface area contributed by atoms with Gasteiger partial charge in [0.25, 0.3) is 5.91 Å². The van der Waals surface area contributed by atoms with E-state index in [4.69, 9.17) is 4.74 Å². The highest BCUT2D eigenvalue weighted by Gasteiger charge is 2.37. The maximum Gasteiger partial charge on any atom is 0.263 e. The number of ether oxygens (including phenoxy) is 1. The molecular formula is C20H28N2O3. The summed E-state index contributed by atoms with van der Waals surface area (Å²) in [5.74, 6) is 0.410. The van der Waals surface area contributed by atoms with Crippen molar-refractivity contribution in [3.05, 3.63) is 29.8 Å². The Morgan fingerprint density at radius 3 is 2.52 bits per heavy atom. The average molecular weight is 344 g/mol. The van der Waals surface area contributed by atoms with Crippen molar-refractivity contribution in [2.24, 2.45) is 11.3 Å². The maximum atomic E-state index is 13.0. The Morgan fingerprint density at radius 1 is 1.36 bits per heavy atom. The van der Waals surface area contributed by atoms with E-state index in [0.29, 0.717) is 24.4 Å². The largest absolute Gasteiger partial charge is 0.479 e. The Balaban J connectivity index is 2.11. The van der Waals surface area contributed by atoms with Gasteiger partial charge < -0.3 is 14.7 Å². The monoisotopic (exact) mass is 344 g/mol. The first-order valence-electron chi connectivity index (χ1n) is 9.02. The number of amides is 1. The van der Waals surface area contributed by atoms with Crippen LogP contribution < -0.4 is 4.74 Å². The predicted molar refractivity (Wildman–Crippen MR) is 96.0 cm³/mol. The third kappa shape index (κ3) is 4.32. The minimum atomic E-state index is -0.613. The fourth-order valence-electron chi connectivity index (χ4n) is 3.28. The molecule has 1 heterocycles. The average Bonchev–Trinajstić information content (AvgIpc) is 2.65. The number of likely N-dealkylation sites (tertiary alicyclic amines) is 1. The third-order valence-electron chi connectivity index (χ3n) is 5.33. The maximum absolute atomic E-state index is 13.0. The highest BCUT2D eigenvalue weighted by Crippen LogP contribution is 2.34. The molecule has 1 unspecified atom stereocenters. The summed E-state index contributed by atoms with van der Waals surface area (Å²) in [6.45, 7) is 7.44. The van der Waals surface area contributed by atoms with Crippen LogP contribution >= 0.6 is 0 Å². The van der Waals surface area contributed by atoms with E-state index >= 15 is 0 Å². The fraction of sp³-hybridized carbons (Fsp3) is 0.600. The van der Waals surface area contributed by atoms with E-state index in [1.54, 1.807) is 24.3 Å². The van der Waals surface area contributed by atoms with Crippen LogP contribution in [0.25, 0.3) is 0 Å². The van der Waals surface area contributed by atoms with Gasteiger partial charge in [0.15, 0.2) is 6.10 Å². The van der Waals surface area contributed by atoms with Gasteiger partial charge in [0.2, 0.25) is 0 Å². The Hall–Kier alpha value is -2.06.